The molecule has 0 amide bonds. The molecular formula is C53H94O5. The lowest BCUT2D eigenvalue weighted by atomic mass is 10.1. The normalized spacial score (nSPS) is 12.7. The second-order valence-corrected chi connectivity index (χ2v) is 16.4. The van der Waals surface area contributed by atoms with Crippen LogP contribution < -0.4 is 0 Å². The van der Waals surface area contributed by atoms with Crippen molar-refractivity contribution in [3.63, 3.8) is 0 Å². The van der Waals surface area contributed by atoms with E-state index in [1.807, 2.05) is 0 Å². The molecular weight excluding hydrogens is 717 g/mol. The fourth-order valence-corrected chi connectivity index (χ4v) is 6.89. The molecule has 0 aromatic carbocycles. The number of esters is 2. The summed E-state index contributed by atoms with van der Waals surface area (Å²) in [6.45, 7) is 7.66. The maximum Gasteiger partial charge on any atom is 0.306 e. The van der Waals surface area contributed by atoms with Crippen LogP contribution >= 0.6 is 0 Å². The van der Waals surface area contributed by atoms with E-state index in [0.717, 1.165) is 77.0 Å². The Hall–Kier alpha value is -2.40. The number of ether oxygens (including phenoxy) is 3. The Morgan fingerprint density at radius 2 is 0.776 bits per heavy atom. The van der Waals surface area contributed by atoms with Gasteiger partial charge in [0.15, 0.2) is 6.10 Å². The van der Waals surface area contributed by atoms with Gasteiger partial charge in [0.2, 0.25) is 0 Å². The van der Waals surface area contributed by atoms with Crippen molar-refractivity contribution in [3.8, 4) is 0 Å². The van der Waals surface area contributed by atoms with Gasteiger partial charge in [-0.05, 0) is 64.2 Å². The molecule has 0 heterocycles. The predicted molar refractivity (Wildman–Crippen MR) is 251 cm³/mol. The first-order chi connectivity index (χ1) is 28.6. The fourth-order valence-electron chi connectivity index (χ4n) is 6.89. The Bertz CT molecular complexity index is 1010. The van der Waals surface area contributed by atoms with Crippen molar-refractivity contribution in [3.05, 3.63) is 60.8 Å². The molecule has 0 bridgehead atoms. The number of carbonyl (C=O) groups is 2. The molecule has 5 nitrogen and oxygen atoms in total. The number of unbranched alkanes of at least 4 members (excludes halogenated alkanes) is 24. The summed E-state index contributed by atoms with van der Waals surface area (Å²) < 4.78 is 17.3. The average molecular weight is 811 g/mol. The van der Waals surface area contributed by atoms with Gasteiger partial charge >= 0.3 is 11.9 Å². The summed E-state index contributed by atoms with van der Waals surface area (Å²) in [4.78, 5) is 25.3. The maximum atomic E-state index is 12.7. The van der Waals surface area contributed by atoms with Crippen LogP contribution in [0.5, 0.6) is 0 Å². The Morgan fingerprint density at radius 1 is 0.397 bits per heavy atom. The Morgan fingerprint density at radius 3 is 1.24 bits per heavy atom. The molecule has 0 N–H and O–H groups in total. The number of carbonyl (C=O) groups excluding carboxylic acids is 2. The first kappa shape index (κ1) is 55.6. The van der Waals surface area contributed by atoms with Gasteiger partial charge in [0.05, 0.1) is 6.61 Å². The van der Waals surface area contributed by atoms with E-state index < -0.39 is 6.10 Å². The second kappa shape index (κ2) is 49.0. The van der Waals surface area contributed by atoms with E-state index >= 15 is 0 Å². The molecule has 0 saturated heterocycles. The zero-order valence-electron chi connectivity index (χ0n) is 38.6. The molecule has 0 radical (unpaired) electrons. The Balaban J connectivity index is 4.26. The highest BCUT2D eigenvalue weighted by atomic mass is 16.6. The van der Waals surface area contributed by atoms with E-state index in [0.29, 0.717) is 19.4 Å². The lowest BCUT2D eigenvalue weighted by Gasteiger charge is -2.18. The minimum absolute atomic E-state index is 0.0775. The van der Waals surface area contributed by atoms with Gasteiger partial charge in [-0.2, -0.15) is 0 Å². The second-order valence-electron chi connectivity index (χ2n) is 16.4. The van der Waals surface area contributed by atoms with Crippen LogP contribution in [0.15, 0.2) is 60.8 Å². The SMILES string of the molecule is CC/C=C\C/C=C\C/C=C\C/C=C\C/C=C\CCCCCCOCC(COC(=O)CCCCCCCCCCCCC)OC(=O)CCCCCCCCCCCCC. The molecule has 0 aliphatic rings. The highest BCUT2D eigenvalue weighted by Crippen LogP contribution is 2.15. The molecule has 1 atom stereocenters. The van der Waals surface area contributed by atoms with E-state index in [9.17, 15) is 9.59 Å². The molecule has 1 unspecified atom stereocenters. The van der Waals surface area contributed by atoms with E-state index in [2.05, 4.69) is 81.5 Å². The van der Waals surface area contributed by atoms with E-state index in [1.165, 1.54) is 128 Å². The van der Waals surface area contributed by atoms with Crippen molar-refractivity contribution in [1.29, 1.82) is 0 Å². The average Bonchev–Trinajstić information content (AvgIpc) is 3.22. The van der Waals surface area contributed by atoms with Crippen LogP contribution in [0.1, 0.15) is 239 Å². The summed E-state index contributed by atoms with van der Waals surface area (Å²) >= 11 is 0. The molecule has 0 spiro atoms. The topological polar surface area (TPSA) is 61.8 Å². The molecule has 0 rings (SSSR count). The van der Waals surface area contributed by atoms with Crippen molar-refractivity contribution >= 4 is 11.9 Å². The first-order valence-electron chi connectivity index (χ1n) is 24.8. The number of rotatable bonds is 45. The maximum absolute atomic E-state index is 12.7. The molecule has 0 aromatic rings. The van der Waals surface area contributed by atoms with Crippen LogP contribution in [0, 0.1) is 0 Å². The van der Waals surface area contributed by atoms with Crippen LogP contribution in [0.25, 0.3) is 0 Å². The zero-order chi connectivity index (χ0) is 42.1. The number of hydrogen-bond acceptors (Lipinski definition) is 5. The number of allylic oxidation sites excluding steroid dienone is 10. The third-order valence-electron chi connectivity index (χ3n) is 10.6. The highest BCUT2D eigenvalue weighted by Gasteiger charge is 2.17. The van der Waals surface area contributed by atoms with Gasteiger partial charge in [-0.25, -0.2) is 0 Å². The molecule has 0 fully saturated rings. The van der Waals surface area contributed by atoms with Gasteiger partial charge in [0.1, 0.15) is 6.61 Å². The van der Waals surface area contributed by atoms with Crippen molar-refractivity contribution in [2.24, 2.45) is 0 Å². The van der Waals surface area contributed by atoms with Gasteiger partial charge in [-0.15, -0.1) is 0 Å². The van der Waals surface area contributed by atoms with Crippen molar-refractivity contribution in [2.75, 3.05) is 19.8 Å². The molecule has 58 heavy (non-hydrogen) atoms. The van der Waals surface area contributed by atoms with Gasteiger partial charge in [0.25, 0.3) is 0 Å². The third-order valence-corrected chi connectivity index (χ3v) is 10.6. The lowest BCUT2D eigenvalue weighted by molar-refractivity contribution is -0.163. The summed E-state index contributed by atoms with van der Waals surface area (Å²) in [5.74, 6) is -0.407. The van der Waals surface area contributed by atoms with Gasteiger partial charge in [-0.1, -0.05) is 223 Å². The summed E-state index contributed by atoms with van der Waals surface area (Å²) in [6, 6.07) is 0. The quantitative estimate of drug-likeness (QED) is 0.0348. The first-order valence-corrected chi connectivity index (χ1v) is 24.8. The molecule has 336 valence electrons. The summed E-state index contributed by atoms with van der Waals surface area (Å²) in [5.41, 5.74) is 0. The standard InChI is InChI=1S/C53H94O5/c1-4-7-10-13-16-19-22-23-24-25-26-27-28-29-30-33-36-39-42-45-48-56-49-51(58-53(55)47-44-41-38-35-32-21-18-15-12-9-6-3)50-57-52(54)46-43-40-37-34-31-20-17-14-11-8-5-2/h7,10,16,19,23-24,26-27,29-30,51H,4-6,8-9,11-15,17-18,20-22,25,28,31-50H2,1-3H3/b10-7-,19-16-,24-23-,27-26-,30-29-. The van der Waals surface area contributed by atoms with E-state index in [1.54, 1.807) is 0 Å². The Labute approximate surface area is 360 Å². The van der Waals surface area contributed by atoms with Crippen LogP contribution in [0.3, 0.4) is 0 Å². The predicted octanol–water partition coefficient (Wildman–Crippen LogP) is 16.6. The smallest absolute Gasteiger partial charge is 0.306 e. The number of hydrogen-bond donors (Lipinski definition) is 0. The molecule has 5 heteroatoms. The van der Waals surface area contributed by atoms with E-state index in [4.69, 9.17) is 14.2 Å². The molecule has 0 aromatic heterocycles. The molecule has 0 aliphatic heterocycles. The largest absolute Gasteiger partial charge is 0.462 e. The highest BCUT2D eigenvalue weighted by molar-refractivity contribution is 5.70. The monoisotopic (exact) mass is 811 g/mol. The minimum Gasteiger partial charge on any atom is -0.462 e. The summed E-state index contributed by atoms with van der Waals surface area (Å²) in [6.07, 6.45) is 60.8. The van der Waals surface area contributed by atoms with E-state index in [-0.39, 0.29) is 25.2 Å². The molecule has 0 saturated carbocycles. The van der Waals surface area contributed by atoms with Crippen molar-refractivity contribution in [1.82, 2.24) is 0 Å². The molecule has 0 aliphatic carbocycles. The lowest BCUT2D eigenvalue weighted by Crippen LogP contribution is -2.30. The Kier molecular flexibility index (Phi) is 46.9. The summed E-state index contributed by atoms with van der Waals surface area (Å²) in [5, 5.41) is 0. The van der Waals surface area contributed by atoms with Gasteiger partial charge < -0.3 is 14.2 Å². The van der Waals surface area contributed by atoms with Crippen LogP contribution in [0.2, 0.25) is 0 Å². The van der Waals surface area contributed by atoms with Crippen molar-refractivity contribution < 1.29 is 23.8 Å². The minimum atomic E-state index is -0.545. The van der Waals surface area contributed by atoms with Gasteiger partial charge in [0, 0.05) is 19.4 Å². The van der Waals surface area contributed by atoms with Crippen LogP contribution in [-0.4, -0.2) is 37.9 Å². The zero-order valence-corrected chi connectivity index (χ0v) is 38.6. The fraction of sp³-hybridized carbons (Fsp3) is 0.774. The third kappa shape index (κ3) is 46.3. The van der Waals surface area contributed by atoms with Crippen LogP contribution in [0.4, 0.5) is 0 Å². The van der Waals surface area contributed by atoms with Crippen molar-refractivity contribution in [2.45, 2.75) is 245 Å². The van der Waals surface area contributed by atoms with Crippen LogP contribution in [-0.2, 0) is 23.8 Å². The van der Waals surface area contributed by atoms with Gasteiger partial charge in [-0.3, -0.25) is 9.59 Å². The summed E-state index contributed by atoms with van der Waals surface area (Å²) in [7, 11) is 0.